The summed E-state index contributed by atoms with van der Waals surface area (Å²) in [6.45, 7) is -0.226. The van der Waals surface area contributed by atoms with Gasteiger partial charge in [-0.2, -0.15) is 4.31 Å². The lowest BCUT2D eigenvalue weighted by atomic mass is 9.81. The Hall–Kier alpha value is -2.53. The highest BCUT2D eigenvalue weighted by atomic mass is 32.2. The fraction of sp³-hybridized carbons (Fsp3) is 0.500. The largest absolute Gasteiger partial charge is 0.481 e. The molecule has 1 aromatic carbocycles. The van der Waals surface area contributed by atoms with E-state index >= 15 is 0 Å². The molecule has 0 radical (unpaired) electrons. The zero-order chi connectivity index (χ0) is 20.0. The number of non-ortho nitro benzene ring substituents is 1. The van der Waals surface area contributed by atoms with Crippen LogP contribution in [0.3, 0.4) is 0 Å². The number of nitrogens with zero attached hydrogens (tertiary/aromatic N) is 2. The van der Waals surface area contributed by atoms with Crippen molar-refractivity contribution in [2.24, 2.45) is 11.3 Å². The first-order valence-corrected chi connectivity index (χ1v) is 9.68. The summed E-state index contributed by atoms with van der Waals surface area (Å²) in [7, 11) is -3.26. The van der Waals surface area contributed by atoms with Crippen molar-refractivity contribution in [1.82, 2.24) is 4.31 Å². The molecule has 0 amide bonds. The van der Waals surface area contributed by atoms with Gasteiger partial charge in [0.25, 0.3) is 5.69 Å². The number of hydrogen-bond acceptors (Lipinski definition) is 7. The van der Waals surface area contributed by atoms with Gasteiger partial charge in [-0.3, -0.25) is 14.9 Å². The van der Waals surface area contributed by atoms with E-state index in [0.717, 1.165) is 29.6 Å². The van der Waals surface area contributed by atoms with Crippen LogP contribution in [0.15, 0.2) is 23.1 Å². The number of nitro benzene ring substituents is 1. The smallest absolute Gasteiger partial charge is 0.339 e. The van der Waals surface area contributed by atoms with Gasteiger partial charge in [0, 0.05) is 25.2 Å². The van der Waals surface area contributed by atoms with Crippen molar-refractivity contribution in [3.63, 3.8) is 0 Å². The number of fused-ring (bicyclic) bond motifs is 1. The molecule has 2 atom stereocenters. The molecular formula is C16H18N2O8S. The molecule has 3 rings (SSSR count). The van der Waals surface area contributed by atoms with Crippen molar-refractivity contribution in [2.75, 3.05) is 20.2 Å². The number of hydrogen-bond donors (Lipinski definition) is 1. The van der Waals surface area contributed by atoms with Crippen LogP contribution < -0.4 is 0 Å². The van der Waals surface area contributed by atoms with Gasteiger partial charge in [-0.15, -0.1) is 0 Å². The van der Waals surface area contributed by atoms with Gasteiger partial charge in [-0.05, 0) is 24.8 Å². The third kappa shape index (κ3) is 2.96. The summed E-state index contributed by atoms with van der Waals surface area (Å²) in [5, 5.41) is 20.7. The van der Waals surface area contributed by atoms with Crippen LogP contribution in [0.1, 0.15) is 29.6 Å². The number of esters is 1. The van der Waals surface area contributed by atoms with Crippen LogP contribution >= 0.6 is 0 Å². The minimum atomic E-state index is -4.33. The summed E-state index contributed by atoms with van der Waals surface area (Å²) in [5.74, 6) is -2.32. The van der Waals surface area contributed by atoms with Crippen LogP contribution in [0, 0.1) is 21.4 Å². The Labute approximate surface area is 154 Å². The number of ether oxygens (including phenoxy) is 1. The van der Waals surface area contributed by atoms with E-state index in [1.165, 1.54) is 0 Å². The van der Waals surface area contributed by atoms with Crippen LogP contribution in [0.5, 0.6) is 0 Å². The second-order valence-corrected chi connectivity index (χ2v) is 8.68. The summed E-state index contributed by atoms with van der Waals surface area (Å²) < 4.78 is 31.9. The molecule has 0 spiro atoms. The Morgan fingerprint density at radius 2 is 2.11 bits per heavy atom. The fourth-order valence-corrected chi connectivity index (χ4v) is 5.79. The van der Waals surface area contributed by atoms with Crippen LogP contribution in [-0.4, -0.2) is 54.9 Å². The molecule has 1 saturated heterocycles. The second kappa shape index (κ2) is 6.57. The minimum absolute atomic E-state index is 0.00205. The number of carbonyl (C=O) groups excluding carboxylic acids is 1. The zero-order valence-electron chi connectivity index (χ0n) is 14.5. The predicted octanol–water partition coefficient (Wildman–Crippen LogP) is 1.26. The average Bonchev–Trinajstić information content (AvgIpc) is 3.19. The van der Waals surface area contributed by atoms with Crippen LogP contribution in [0.4, 0.5) is 5.69 Å². The molecule has 27 heavy (non-hydrogen) atoms. The maximum Gasteiger partial charge on any atom is 0.339 e. The molecule has 1 aliphatic heterocycles. The topological polar surface area (TPSA) is 144 Å². The number of benzene rings is 1. The minimum Gasteiger partial charge on any atom is -0.481 e. The SMILES string of the molecule is COC(=O)c1ccc([N+](=O)[O-])cc1S(=O)(=O)N1C[C@@H]2CCC[C@@]2(C(=O)O)C1. The zero-order valence-corrected chi connectivity index (χ0v) is 15.3. The highest BCUT2D eigenvalue weighted by molar-refractivity contribution is 7.89. The quantitative estimate of drug-likeness (QED) is 0.443. The van der Waals surface area contributed by atoms with E-state index < -0.39 is 42.9 Å². The number of carbonyl (C=O) groups is 2. The van der Waals surface area contributed by atoms with Crippen LogP contribution in [0.2, 0.25) is 0 Å². The average molecular weight is 398 g/mol. The van der Waals surface area contributed by atoms with Gasteiger partial charge in [0.15, 0.2) is 0 Å². The number of carboxylic acid groups (broad SMARTS) is 1. The lowest BCUT2D eigenvalue weighted by Gasteiger charge is -2.23. The number of rotatable bonds is 5. The van der Waals surface area contributed by atoms with E-state index in [4.69, 9.17) is 0 Å². The molecule has 11 heteroatoms. The number of aliphatic carboxylic acids is 1. The summed E-state index contributed by atoms with van der Waals surface area (Å²) in [5.41, 5.74) is -1.97. The molecule has 1 N–H and O–H groups in total. The molecule has 0 unspecified atom stereocenters. The summed E-state index contributed by atoms with van der Waals surface area (Å²) in [6.07, 6.45) is 1.67. The maximum absolute atomic E-state index is 13.1. The summed E-state index contributed by atoms with van der Waals surface area (Å²) in [6, 6.07) is 2.85. The Morgan fingerprint density at radius 3 is 2.67 bits per heavy atom. The first-order chi connectivity index (χ1) is 12.6. The molecule has 1 aromatic rings. The van der Waals surface area contributed by atoms with E-state index in [2.05, 4.69) is 4.74 Å². The van der Waals surface area contributed by atoms with Gasteiger partial charge in [-0.1, -0.05) is 6.42 Å². The Morgan fingerprint density at radius 1 is 1.41 bits per heavy atom. The normalized spacial score (nSPS) is 25.1. The van der Waals surface area contributed by atoms with Gasteiger partial charge < -0.3 is 9.84 Å². The van der Waals surface area contributed by atoms with Crippen molar-refractivity contribution in [2.45, 2.75) is 24.2 Å². The van der Waals surface area contributed by atoms with Crippen molar-refractivity contribution < 1.29 is 32.8 Å². The van der Waals surface area contributed by atoms with E-state index in [1.807, 2.05) is 0 Å². The predicted molar refractivity (Wildman–Crippen MR) is 90.6 cm³/mol. The van der Waals surface area contributed by atoms with E-state index in [1.54, 1.807) is 0 Å². The van der Waals surface area contributed by atoms with Crippen molar-refractivity contribution in [3.05, 3.63) is 33.9 Å². The molecule has 2 aliphatic rings. The van der Waals surface area contributed by atoms with Crippen molar-refractivity contribution >= 4 is 27.6 Å². The van der Waals surface area contributed by atoms with E-state index in [-0.39, 0.29) is 24.6 Å². The molecule has 10 nitrogen and oxygen atoms in total. The number of sulfonamides is 1. The third-order valence-electron chi connectivity index (χ3n) is 5.46. The highest BCUT2D eigenvalue weighted by Gasteiger charge is 2.57. The Bertz CT molecular complexity index is 928. The molecule has 0 bridgehead atoms. The molecule has 1 heterocycles. The van der Waals surface area contributed by atoms with Gasteiger partial charge >= 0.3 is 11.9 Å². The Balaban J connectivity index is 2.07. The van der Waals surface area contributed by atoms with Gasteiger partial charge in [-0.25, -0.2) is 13.2 Å². The number of nitro groups is 1. The molecule has 1 aliphatic carbocycles. The molecule has 1 saturated carbocycles. The Kier molecular flexibility index (Phi) is 4.68. The lowest BCUT2D eigenvalue weighted by molar-refractivity contribution is -0.385. The van der Waals surface area contributed by atoms with Crippen LogP contribution in [0.25, 0.3) is 0 Å². The first-order valence-electron chi connectivity index (χ1n) is 8.24. The summed E-state index contributed by atoms with van der Waals surface area (Å²) in [4.78, 5) is 33.5. The number of carboxylic acids is 1. The van der Waals surface area contributed by atoms with E-state index in [9.17, 15) is 33.2 Å². The molecule has 2 fully saturated rings. The van der Waals surface area contributed by atoms with Gasteiger partial charge in [0.2, 0.25) is 10.0 Å². The van der Waals surface area contributed by atoms with Gasteiger partial charge in [0.1, 0.15) is 4.90 Å². The maximum atomic E-state index is 13.1. The number of methoxy groups -OCH3 is 1. The molecule has 0 aromatic heterocycles. The van der Waals surface area contributed by atoms with Crippen molar-refractivity contribution in [1.29, 1.82) is 0 Å². The monoisotopic (exact) mass is 398 g/mol. The van der Waals surface area contributed by atoms with Crippen molar-refractivity contribution in [3.8, 4) is 0 Å². The lowest BCUT2D eigenvalue weighted by Crippen LogP contribution is -2.37. The molecular weight excluding hydrogens is 380 g/mol. The third-order valence-corrected chi connectivity index (χ3v) is 7.32. The fourth-order valence-electron chi connectivity index (χ4n) is 4.03. The second-order valence-electron chi connectivity index (χ2n) is 6.78. The highest BCUT2D eigenvalue weighted by Crippen LogP contribution is 2.50. The summed E-state index contributed by atoms with van der Waals surface area (Å²) >= 11 is 0. The van der Waals surface area contributed by atoms with E-state index in [0.29, 0.717) is 19.3 Å². The van der Waals surface area contributed by atoms with Gasteiger partial charge in [0.05, 0.1) is 23.0 Å². The first kappa shape index (κ1) is 19.2. The van der Waals surface area contributed by atoms with Crippen LogP contribution in [-0.2, 0) is 19.6 Å². The molecule has 146 valence electrons. The standard InChI is InChI=1S/C16H18N2O8S/c1-26-14(19)12-5-4-11(18(22)23)7-13(12)27(24,25)17-8-10-3-2-6-16(10,9-17)15(20)21/h4-5,7,10H,2-3,6,8-9H2,1H3,(H,20,21)/t10-,16+/m0/s1.